The van der Waals surface area contributed by atoms with Gasteiger partial charge in [0.25, 0.3) is 5.91 Å². The summed E-state index contributed by atoms with van der Waals surface area (Å²) in [5.41, 5.74) is 0.0272. The van der Waals surface area contributed by atoms with E-state index in [1.807, 2.05) is 0 Å². The molecule has 1 aromatic rings. The molecule has 1 saturated carbocycles. The lowest BCUT2D eigenvalue weighted by molar-refractivity contribution is -0.141. The van der Waals surface area contributed by atoms with Crippen molar-refractivity contribution < 1.29 is 23.1 Å². The Hall–Kier alpha value is -1.98. The molecule has 6 heteroatoms. The summed E-state index contributed by atoms with van der Waals surface area (Å²) in [5.74, 6) is -2.77. The molecule has 4 nitrogen and oxygen atoms in total. The molecule has 0 aliphatic heterocycles. The van der Waals surface area contributed by atoms with Crippen molar-refractivity contribution >= 4 is 11.9 Å². The van der Waals surface area contributed by atoms with Crippen molar-refractivity contribution in [3.05, 3.63) is 35.4 Å². The molecule has 1 N–H and O–H groups in total. The molecule has 0 radical (unpaired) electrons. The van der Waals surface area contributed by atoms with Gasteiger partial charge in [0.1, 0.15) is 0 Å². The van der Waals surface area contributed by atoms with Crippen LogP contribution in [0.25, 0.3) is 0 Å². The van der Waals surface area contributed by atoms with E-state index in [0.29, 0.717) is 0 Å². The highest BCUT2D eigenvalue weighted by Gasteiger charge is 2.34. The second-order valence-electron chi connectivity index (χ2n) is 4.83. The van der Waals surface area contributed by atoms with Gasteiger partial charge < -0.3 is 10.1 Å². The fourth-order valence-corrected chi connectivity index (χ4v) is 1.99. The predicted molar refractivity (Wildman–Crippen MR) is 67.0 cm³/mol. The number of amides is 1. The molecule has 1 aliphatic carbocycles. The Labute approximate surface area is 115 Å². The summed E-state index contributed by atoms with van der Waals surface area (Å²) < 4.78 is 30.5. The predicted octanol–water partition coefficient (Wildman–Crippen LogP) is 2.04. The number of benzene rings is 1. The third-order valence-corrected chi connectivity index (χ3v) is 3.30. The maximum atomic E-state index is 13.1. The Balaban J connectivity index is 2.04. The standard InChI is InChI=1S/C14H15F2NO3/c1-20-13(18)7-12(8-2-3-8)17-14(19)9-4-5-10(15)11(16)6-9/h4-6,8,12H,2-3,7H2,1H3,(H,17,19)/t12-/m1/s1. The summed E-state index contributed by atoms with van der Waals surface area (Å²) in [6.07, 6.45) is 1.94. The first-order valence-corrected chi connectivity index (χ1v) is 6.34. The van der Waals surface area contributed by atoms with Gasteiger partial charge in [0.05, 0.1) is 13.5 Å². The lowest BCUT2D eigenvalue weighted by Gasteiger charge is -2.17. The highest BCUT2D eigenvalue weighted by atomic mass is 19.2. The molecule has 1 amide bonds. The molecule has 1 aromatic carbocycles. The number of halogens is 2. The fraction of sp³-hybridized carbons (Fsp3) is 0.429. The van der Waals surface area contributed by atoms with Crippen LogP contribution in [0, 0.1) is 17.6 Å². The number of carbonyl (C=O) groups excluding carboxylic acids is 2. The van der Waals surface area contributed by atoms with E-state index in [-0.39, 0.29) is 23.9 Å². The van der Waals surface area contributed by atoms with Crippen LogP contribution in [0.4, 0.5) is 8.78 Å². The van der Waals surface area contributed by atoms with Crippen molar-refractivity contribution in [3.63, 3.8) is 0 Å². The Morgan fingerprint density at radius 1 is 1.35 bits per heavy atom. The van der Waals surface area contributed by atoms with Gasteiger partial charge in [-0.1, -0.05) is 0 Å². The van der Waals surface area contributed by atoms with Crippen LogP contribution < -0.4 is 5.32 Å². The topological polar surface area (TPSA) is 55.4 Å². The first-order chi connectivity index (χ1) is 9.51. The molecule has 0 aromatic heterocycles. The number of nitrogens with one attached hydrogen (secondary N) is 1. The Bertz CT molecular complexity index is 529. The SMILES string of the molecule is COC(=O)C[C@@H](NC(=O)c1ccc(F)c(F)c1)C1CC1. The van der Waals surface area contributed by atoms with Crippen LogP contribution in [0.15, 0.2) is 18.2 Å². The molecule has 0 saturated heterocycles. The number of esters is 1. The van der Waals surface area contributed by atoms with Gasteiger partial charge in [0.15, 0.2) is 11.6 Å². The lowest BCUT2D eigenvalue weighted by atomic mass is 10.1. The molecule has 2 rings (SSSR count). The summed E-state index contributed by atoms with van der Waals surface area (Å²) in [4.78, 5) is 23.3. The van der Waals surface area contributed by atoms with Gasteiger partial charge in [0, 0.05) is 11.6 Å². The number of ether oxygens (including phenoxy) is 1. The number of carbonyl (C=O) groups is 2. The minimum absolute atomic E-state index is 0.0272. The Kier molecular flexibility index (Phi) is 4.32. The van der Waals surface area contributed by atoms with Gasteiger partial charge >= 0.3 is 5.97 Å². The van der Waals surface area contributed by atoms with Crippen molar-refractivity contribution in [1.82, 2.24) is 5.32 Å². The summed E-state index contributed by atoms with van der Waals surface area (Å²) in [6.45, 7) is 0. The Morgan fingerprint density at radius 2 is 2.05 bits per heavy atom. The zero-order valence-electron chi connectivity index (χ0n) is 11.0. The van der Waals surface area contributed by atoms with Crippen molar-refractivity contribution in [2.75, 3.05) is 7.11 Å². The van der Waals surface area contributed by atoms with Gasteiger partial charge in [-0.2, -0.15) is 0 Å². The van der Waals surface area contributed by atoms with E-state index >= 15 is 0 Å². The minimum atomic E-state index is -1.08. The van der Waals surface area contributed by atoms with E-state index in [1.54, 1.807) is 0 Å². The van der Waals surface area contributed by atoms with Gasteiger partial charge in [-0.3, -0.25) is 9.59 Å². The van der Waals surface area contributed by atoms with Gasteiger partial charge in [-0.25, -0.2) is 8.78 Å². The molecule has 0 spiro atoms. The third-order valence-electron chi connectivity index (χ3n) is 3.30. The van der Waals surface area contributed by atoms with Crippen LogP contribution in [0.2, 0.25) is 0 Å². The highest BCUT2D eigenvalue weighted by Crippen LogP contribution is 2.34. The first-order valence-electron chi connectivity index (χ1n) is 6.34. The van der Waals surface area contributed by atoms with E-state index < -0.39 is 23.5 Å². The molecule has 0 heterocycles. The number of methoxy groups -OCH3 is 1. The van der Waals surface area contributed by atoms with Crippen LogP contribution in [-0.2, 0) is 9.53 Å². The van der Waals surface area contributed by atoms with Crippen molar-refractivity contribution in [2.24, 2.45) is 5.92 Å². The monoisotopic (exact) mass is 283 g/mol. The molecular formula is C14H15F2NO3. The molecule has 20 heavy (non-hydrogen) atoms. The molecule has 1 atom stereocenters. The first kappa shape index (κ1) is 14.4. The van der Waals surface area contributed by atoms with E-state index in [9.17, 15) is 18.4 Å². The summed E-state index contributed by atoms with van der Waals surface area (Å²) in [7, 11) is 1.28. The van der Waals surface area contributed by atoms with Crippen LogP contribution in [-0.4, -0.2) is 25.0 Å². The second kappa shape index (κ2) is 5.98. The van der Waals surface area contributed by atoms with Gasteiger partial charge in [-0.15, -0.1) is 0 Å². The normalized spacial score (nSPS) is 15.6. The van der Waals surface area contributed by atoms with Crippen LogP contribution in [0.1, 0.15) is 29.6 Å². The summed E-state index contributed by atoms with van der Waals surface area (Å²) in [5, 5.41) is 2.68. The maximum absolute atomic E-state index is 13.1. The van der Waals surface area contributed by atoms with Crippen LogP contribution in [0.5, 0.6) is 0 Å². The number of hydrogen-bond donors (Lipinski definition) is 1. The van der Waals surface area contributed by atoms with Crippen LogP contribution in [0.3, 0.4) is 0 Å². The quantitative estimate of drug-likeness (QED) is 0.841. The van der Waals surface area contributed by atoms with Crippen molar-refractivity contribution in [1.29, 1.82) is 0 Å². The van der Waals surface area contributed by atoms with Crippen molar-refractivity contribution in [3.8, 4) is 0 Å². The van der Waals surface area contributed by atoms with Crippen molar-refractivity contribution in [2.45, 2.75) is 25.3 Å². The molecule has 0 unspecified atom stereocenters. The lowest BCUT2D eigenvalue weighted by Crippen LogP contribution is -2.38. The molecule has 0 bridgehead atoms. The van der Waals surface area contributed by atoms with E-state index in [4.69, 9.17) is 0 Å². The minimum Gasteiger partial charge on any atom is -0.469 e. The molecule has 108 valence electrons. The third kappa shape index (κ3) is 3.53. The average molecular weight is 283 g/mol. The zero-order valence-corrected chi connectivity index (χ0v) is 11.0. The number of rotatable bonds is 5. The zero-order chi connectivity index (χ0) is 14.7. The average Bonchev–Trinajstić information content (AvgIpc) is 3.25. The number of hydrogen-bond acceptors (Lipinski definition) is 3. The highest BCUT2D eigenvalue weighted by molar-refractivity contribution is 5.94. The summed E-state index contributed by atoms with van der Waals surface area (Å²) in [6, 6.07) is 2.61. The van der Waals surface area contributed by atoms with Crippen LogP contribution >= 0.6 is 0 Å². The van der Waals surface area contributed by atoms with Gasteiger partial charge in [-0.05, 0) is 37.0 Å². The smallest absolute Gasteiger partial charge is 0.307 e. The fourth-order valence-electron chi connectivity index (χ4n) is 1.99. The van der Waals surface area contributed by atoms with E-state index in [1.165, 1.54) is 13.2 Å². The Morgan fingerprint density at radius 3 is 2.60 bits per heavy atom. The largest absolute Gasteiger partial charge is 0.469 e. The van der Waals surface area contributed by atoms with E-state index in [0.717, 1.165) is 25.0 Å². The van der Waals surface area contributed by atoms with E-state index in [2.05, 4.69) is 10.1 Å². The van der Waals surface area contributed by atoms with Gasteiger partial charge in [0.2, 0.25) is 0 Å². The molecular weight excluding hydrogens is 268 g/mol. The second-order valence-corrected chi connectivity index (χ2v) is 4.83. The summed E-state index contributed by atoms with van der Waals surface area (Å²) >= 11 is 0. The molecule has 1 fully saturated rings. The maximum Gasteiger partial charge on any atom is 0.307 e. The molecule has 1 aliphatic rings.